The number of aromatic nitrogens is 1. The van der Waals surface area contributed by atoms with Gasteiger partial charge in [-0.15, -0.1) is 0 Å². The first-order valence-corrected chi connectivity index (χ1v) is 7.62. The monoisotopic (exact) mass is 330 g/mol. The third kappa shape index (κ3) is 3.39. The maximum absolute atomic E-state index is 5.90. The maximum Gasteiger partial charge on any atom is 0.143 e. The summed E-state index contributed by atoms with van der Waals surface area (Å²) in [5.41, 5.74) is 1.53. The van der Waals surface area contributed by atoms with Crippen molar-refractivity contribution in [3.05, 3.63) is 21.9 Å². The van der Waals surface area contributed by atoms with Crippen LogP contribution in [0.3, 0.4) is 0 Å². The fourth-order valence-corrected chi connectivity index (χ4v) is 3.33. The predicted molar refractivity (Wildman–Crippen MR) is 81.2 cm³/mol. The minimum atomic E-state index is 0.483. The van der Waals surface area contributed by atoms with Crippen molar-refractivity contribution in [2.24, 2.45) is 11.3 Å². The van der Waals surface area contributed by atoms with Crippen LogP contribution in [0.25, 0.3) is 0 Å². The lowest BCUT2D eigenvalue weighted by Gasteiger charge is -2.40. The highest BCUT2D eigenvalue weighted by molar-refractivity contribution is 9.10. The predicted octanol–water partition coefficient (Wildman–Crippen LogP) is 5.12. The van der Waals surface area contributed by atoms with Gasteiger partial charge in [-0.3, -0.25) is 0 Å². The van der Waals surface area contributed by atoms with Crippen molar-refractivity contribution in [2.75, 3.05) is 5.32 Å². The number of rotatable bonds is 2. The Kier molecular flexibility index (Phi) is 4.22. The third-order valence-corrected chi connectivity index (χ3v) is 4.98. The molecule has 4 heteroatoms. The molecule has 2 rings (SSSR count). The van der Waals surface area contributed by atoms with E-state index >= 15 is 0 Å². The normalized spacial score (nSPS) is 26.9. The molecule has 0 saturated heterocycles. The SMILES string of the molecule is CC1CC(C)(C)CCC1Nc1cnc(Cl)c(Br)c1. The van der Waals surface area contributed by atoms with Gasteiger partial charge in [0, 0.05) is 6.04 Å². The molecule has 18 heavy (non-hydrogen) atoms. The summed E-state index contributed by atoms with van der Waals surface area (Å²) >= 11 is 9.31. The fourth-order valence-electron chi connectivity index (χ4n) is 2.88. The molecule has 0 radical (unpaired) electrons. The zero-order valence-corrected chi connectivity index (χ0v) is 13.5. The summed E-state index contributed by atoms with van der Waals surface area (Å²) in [4.78, 5) is 4.15. The lowest BCUT2D eigenvalue weighted by molar-refractivity contribution is 0.177. The number of hydrogen-bond donors (Lipinski definition) is 1. The molecular formula is C14H20BrClN2. The summed E-state index contributed by atoms with van der Waals surface area (Å²) in [6.45, 7) is 7.05. The molecule has 1 aliphatic rings. The van der Waals surface area contributed by atoms with Crippen molar-refractivity contribution < 1.29 is 0 Å². The molecule has 0 bridgehead atoms. The van der Waals surface area contributed by atoms with Gasteiger partial charge in [0.1, 0.15) is 5.15 Å². The summed E-state index contributed by atoms with van der Waals surface area (Å²) in [6, 6.07) is 2.54. The van der Waals surface area contributed by atoms with Crippen molar-refractivity contribution in [1.29, 1.82) is 0 Å². The van der Waals surface area contributed by atoms with Crippen molar-refractivity contribution in [1.82, 2.24) is 4.98 Å². The lowest BCUT2D eigenvalue weighted by atomic mass is 9.70. The second-order valence-corrected chi connectivity index (χ2v) is 7.34. The highest BCUT2D eigenvalue weighted by atomic mass is 79.9. The molecule has 1 N–H and O–H groups in total. The highest BCUT2D eigenvalue weighted by Crippen LogP contribution is 2.39. The van der Waals surface area contributed by atoms with Crippen LogP contribution in [0.5, 0.6) is 0 Å². The molecule has 0 aliphatic heterocycles. The molecule has 1 saturated carbocycles. The van der Waals surface area contributed by atoms with E-state index in [9.17, 15) is 0 Å². The number of halogens is 2. The van der Waals surface area contributed by atoms with E-state index in [-0.39, 0.29) is 0 Å². The standard InChI is InChI=1S/C14H20BrClN2/c1-9-7-14(2,3)5-4-12(9)18-10-6-11(15)13(16)17-8-10/h6,8-9,12,18H,4-5,7H2,1-3H3. The van der Waals surface area contributed by atoms with E-state index < -0.39 is 0 Å². The minimum absolute atomic E-state index is 0.483. The molecule has 1 aliphatic carbocycles. The van der Waals surface area contributed by atoms with Crippen LogP contribution >= 0.6 is 27.5 Å². The molecule has 2 unspecified atom stereocenters. The molecule has 2 atom stereocenters. The zero-order valence-electron chi connectivity index (χ0n) is 11.1. The number of nitrogens with zero attached hydrogens (tertiary/aromatic N) is 1. The van der Waals surface area contributed by atoms with E-state index in [1.165, 1.54) is 19.3 Å². The van der Waals surface area contributed by atoms with Crippen LogP contribution in [0.2, 0.25) is 5.15 Å². The number of anilines is 1. The number of hydrogen-bond acceptors (Lipinski definition) is 2. The fraction of sp³-hybridized carbons (Fsp3) is 0.643. The Bertz CT molecular complexity index is 434. The first kappa shape index (κ1) is 14.1. The van der Waals surface area contributed by atoms with Gasteiger partial charge in [0.15, 0.2) is 0 Å². The van der Waals surface area contributed by atoms with Crippen molar-refractivity contribution >= 4 is 33.2 Å². The zero-order chi connectivity index (χ0) is 13.3. The molecule has 0 aromatic carbocycles. The highest BCUT2D eigenvalue weighted by Gasteiger charge is 2.32. The average molecular weight is 332 g/mol. The van der Waals surface area contributed by atoms with E-state index in [1.54, 1.807) is 6.20 Å². The molecule has 1 aromatic heterocycles. The van der Waals surface area contributed by atoms with Crippen LogP contribution < -0.4 is 5.32 Å². The molecule has 1 heterocycles. The minimum Gasteiger partial charge on any atom is -0.381 e. The molecule has 0 amide bonds. The second kappa shape index (κ2) is 5.38. The third-order valence-electron chi connectivity index (χ3n) is 3.84. The smallest absolute Gasteiger partial charge is 0.143 e. The van der Waals surface area contributed by atoms with Gasteiger partial charge < -0.3 is 5.32 Å². The summed E-state index contributed by atoms with van der Waals surface area (Å²) < 4.78 is 0.845. The van der Waals surface area contributed by atoms with Gasteiger partial charge in [-0.05, 0) is 52.6 Å². The molecule has 1 fully saturated rings. The second-order valence-electron chi connectivity index (χ2n) is 6.13. The lowest BCUT2D eigenvalue weighted by Crippen LogP contribution is -2.36. The summed E-state index contributed by atoms with van der Waals surface area (Å²) in [5.74, 6) is 0.684. The van der Waals surface area contributed by atoms with Gasteiger partial charge >= 0.3 is 0 Å². The van der Waals surface area contributed by atoms with Crippen LogP contribution in [-0.4, -0.2) is 11.0 Å². The Morgan fingerprint density at radius 1 is 1.50 bits per heavy atom. The van der Waals surface area contributed by atoms with Gasteiger partial charge in [-0.1, -0.05) is 32.4 Å². The summed E-state index contributed by atoms with van der Waals surface area (Å²) in [5, 5.41) is 4.10. The average Bonchev–Trinajstić information content (AvgIpc) is 2.27. The summed E-state index contributed by atoms with van der Waals surface area (Å²) in [6.07, 6.45) is 5.57. The Balaban J connectivity index is 2.03. The van der Waals surface area contributed by atoms with Crippen LogP contribution in [0.15, 0.2) is 16.7 Å². The van der Waals surface area contributed by atoms with Gasteiger partial charge in [0.05, 0.1) is 16.4 Å². The Morgan fingerprint density at radius 3 is 2.83 bits per heavy atom. The van der Waals surface area contributed by atoms with Crippen molar-refractivity contribution in [3.8, 4) is 0 Å². The Labute approximate surface area is 123 Å². The molecule has 2 nitrogen and oxygen atoms in total. The molecule has 100 valence electrons. The quantitative estimate of drug-likeness (QED) is 0.760. The van der Waals surface area contributed by atoms with Gasteiger partial charge in [-0.25, -0.2) is 4.98 Å². The first-order chi connectivity index (χ1) is 8.37. The molecule has 0 spiro atoms. The van der Waals surface area contributed by atoms with Crippen LogP contribution in [-0.2, 0) is 0 Å². The van der Waals surface area contributed by atoms with E-state index in [1.807, 2.05) is 6.07 Å². The molecular weight excluding hydrogens is 312 g/mol. The Hall–Kier alpha value is -0.280. The van der Waals surface area contributed by atoms with E-state index in [0.717, 1.165) is 10.2 Å². The van der Waals surface area contributed by atoms with Gasteiger partial charge in [0.2, 0.25) is 0 Å². The van der Waals surface area contributed by atoms with Crippen LogP contribution in [0.1, 0.15) is 40.0 Å². The number of pyridine rings is 1. The van der Waals surface area contributed by atoms with E-state index in [4.69, 9.17) is 11.6 Å². The van der Waals surface area contributed by atoms with E-state index in [2.05, 4.69) is 47.0 Å². The van der Waals surface area contributed by atoms with Crippen molar-refractivity contribution in [3.63, 3.8) is 0 Å². The van der Waals surface area contributed by atoms with Gasteiger partial charge in [-0.2, -0.15) is 0 Å². The summed E-state index contributed by atoms with van der Waals surface area (Å²) in [7, 11) is 0. The number of nitrogens with one attached hydrogen (secondary N) is 1. The topological polar surface area (TPSA) is 24.9 Å². The largest absolute Gasteiger partial charge is 0.381 e. The van der Waals surface area contributed by atoms with Crippen LogP contribution in [0, 0.1) is 11.3 Å². The van der Waals surface area contributed by atoms with Crippen LogP contribution in [0.4, 0.5) is 5.69 Å². The van der Waals surface area contributed by atoms with E-state index in [0.29, 0.717) is 22.5 Å². The van der Waals surface area contributed by atoms with Crippen molar-refractivity contribution in [2.45, 2.75) is 46.1 Å². The first-order valence-electron chi connectivity index (χ1n) is 6.45. The van der Waals surface area contributed by atoms with Gasteiger partial charge in [0.25, 0.3) is 0 Å². The maximum atomic E-state index is 5.90. The Morgan fingerprint density at radius 2 is 2.22 bits per heavy atom. The molecule has 1 aromatic rings.